The predicted molar refractivity (Wildman–Crippen MR) is 106 cm³/mol. The van der Waals surface area contributed by atoms with Crippen LogP contribution in [0.3, 0.4) is 0 Å². The number of hydrogen-bond acceptors (Lipinski definition) is 1. The highest BCUT2D eigenvalue weighted by molar-refractivity contribution is 5.94. The summed E-state index contributed by atoms with van der Waals surface area (Å²) in [7, 11) is 0. The fourth-order valence-corrected chi connectivity index (χ4v) is 3.10. The first-order valence-corrected chi connectivity index (χ1v) is 8.92. The SMILES string of the molecule is C=CCN(Cc1cccn1Cc1cccc(C)c1)C(=O)c1ccc(F)cc1. The molecule has 0 saturated carbocycles. The fraction of sp³-hybridized carbons (Fsp3) is 0.174. The standard InChI is InChI=1S/C23H23FN2O/c1-3-13-26(23(27)20-9-11-21(24)12-10-20)17-22-8-5-14-25(22)16-19-7-4-6-18(2)15-19/h3-12,14-15H,1,13,16-17H2,2H3. The van der Waals surface area contributed by atoms with Crippen LogP contribution in [0.5, 0.6) is 0 Å². The summed E-state index contributed by atoms with van der Waals surface area (Å²) in [5, 5.41) is 0. The highest BCUT2D eigenvalue weighted by atomic mass is 19.1. The quantitative estimate of drug-likeness (QED) is 0.554. The van der Waals surface area contributed by atoms with Crippen LogP contribution in [0.15, 0.2) is 79.5 Å². The maximum Gasteiger partial charge on any atom is 0.254 e. The van der Waals surface area contributed by atoms with E-state index in [0.29, 0.717) is 18.7 Å². The first-order chi connectivity index (χ1) is 13.1. The smallest absolute Gasteiger partial charge is 0.254 e. The van der Waals surface area contributed by atoms with Gasteiger partial charge in [0.25, 0.3) is 5.91 Å². The molecule has 4 heteroatoms. The number of aryl methyl sites for hydroxylation is 1. The number of nitrogens with zero attached hydrogens (tertiary/aromatic N) is 2. The van der Waals surface area contributed by atoms with Gasteiger partial charge in [-0.05, 0) is 48.9 Å². The van der Waals surface area contributed by atoms with Gasteiger partial charge >= 0.3 is 0 Å². The van der Waals surface area contributed by atoms with E-state index in [1.165, 1.54) is 35.4 Å². The molecule has 2 aromatic carbocycles. The Morgan fingerprint density at radius 3 is 2.63 bits per heavy atom. The molecule has 0 fully saturated rings. The molecule has 1 amide bonds. The van der Waals surface area contributed by atoms with Crippen molar-refractivity contribution in [3.63, 3.8) is 0 Å². The van der Waals surface area contributed by atoms with E-state index in [-0.39, 0.29) is 11.7 Å². The van der Waals surface area contributed by atoms with E-state index in [9.17, 15) is 9.18 Å². The van der Waals surface area contributed by atoms with Gasteiger partial charge in [0.05, 0.1) is 6.54 Å². The van der Waals surface area contributed by atoms with E-state index < -0.39 is 0 Å². The van der Waals surface area contributed by atoms with E-state index in [4.69, 9.17) is 0 Å². The van der Waals surface area contributed by atoms with E-state index in [2.05, 4.69) is 42.3 Å². The van der Waals surface area contributed by atoms with Crippen LogP contribution in [0.4, 0.5) is 4.39 Å². The summed E-state index contributed by atoms with van der Waals surface area (Å²) in [6.45, 7) is 7.46. The third-order valence-electron chi connectivity index (χ3n) is 4.44. The number of rotatable bonds is 7. The largest absolute Gasteiger partial charge is 0.345 e. The van der Waals surface area contributed by atoms with Crippen molar-refractivity contribution in [2.45, 2.75) is 20.0 Å². The average Bonchev–Trinajstić information content (AvgIpc) is 3.08. The van der Waals surface area contributed by atoms with E-state index >= 15 is 0 Å². The Labute approximate surface area is 159 Å². The van der Waals surface area contributed by atoms with Crippen molar-refractivity contribution in [1.29, 1.82) is 0 Å². The van der Waals surface area contributed by atoms with Crippen LogP contribution in [0.2, 0.25) is 0 Å². The lowest BCUT2D eigenvalue weighted by Gasteiger charge is -2.22. The molecular weight excluding hydrogens is 339 g/mol. The van der Waals surface area contributed by atoms with Gasteiger partial charge in [-0.25, -0.2) is 4.39 Å². The Morgan fingerprint density at radius 2 is 1.93 bits per heavy atom. The summed E-state index contributed by atoms with van der Waals surface area (Å²) < 4.78 is 15.3. The highest BCUT2D eigenvalue weighted by Crippen LogP contribution is 2.14. The van der Waals surface area contributed by atoms with Gasteiger partial charge in [0, 0.05) is 30.5 Å². The minimum atomic E-state index is -0.353. The number of aromatic nitrogens is 1. The minimum Gasteiger partial charge on any atom is -0.345 e. The van der Waals surface area contributed by atoms with Crippen molar-refractivity contribution in [2.24, 2.45) is 0 Å². The van der Waals surface area contributed by atoms with Crippen molar-refractivity contribution in [2.75, 3.05) is 6.54 Å². The molecule has 1 heterocycles. The number of benzene rings is 2. The van der Waals surface area contributed by atoms with E-state index in [0.717, 1.165) is 12.2 Å². The van der Waals surface area contributed by atoms with Gasteiger partial charge in [0.15, 0.2) is 0 Å². The first kappa shape index (κ1) is 18.6. The average molecular weight is 362 g/mol. The number of carbonyl (C=O) groups excluding carboxylic acids is 1. The molecule has 3 nitrogen and oxygen atoms in total. The zero-order chi connectivity index (χ0) is 19.2. The van der Waals surface area contributed by atoms with Gasteiger partial charge in [-0.1, -0.05) is 35.9 Å². The molecule has 0 spiro atoms. The second kappa shape index (κ2) is 8.49. The Balaban J connectivity index is 1.79. The summed E-state index contributed by atoms with van der Waals surface area (Å²) in [5.74, 6) is -0.493. The molecular formula is C23H23FN2O. The normalized spacial score (nSPS) is 10.6. The topological polar surface area (TPSA) is 25.2 Å². The zero-order valence-corrected chi connectivity index (χ0v) is 15.4. The van der Waals surface area contributed by atoms with E-state index in [1.54, 1.807) is 11.0 Å². The van der Waals surface area contributed by atoms with Crippen molar-refractivity contribution in [3.8, 4) is 0 Å². The second-order valence-electron chi connectivity index (χ2n) is 6.60. The molecule has 1 aromatic heterocycles. The van der Waals surface area contributed by atoms with Crippen LogP contribution in [-0.2, 0) is 13.1 Å². The lowest BCUT2D eigenvalue weighted by atomic mass is 10.1. The lowest BCUT2D eigenvalue weighted by molar-refractivity contribution is 0.0759. The van der Waals surface area contributed by atoms with E-state index in [1.807, 2.05) is 18.3 Å². The summed E-state index contributed by atoms with van der Waals surface area (Å²) >= 11 is 0. The lowest BCUT2D eigenvalue weighted by Crippen LogP contribution is -2.31. The fourth-order valence-electron chi connectivity index (χ4n) is 3.10. The molecule has 27 heavy (non-hydrogen) atoms. The predicted octanol–water partition coefficient (Wildman–Crippen LogP) is 4.81. The summed E-state index contributed by atoms with van der Waals surface area (Å²) in [5.41, 5.74) is 3.94. The van der Waals surface area contributed by atoms with Crippen molar-refractivity contribution >= 4 is 5.91 Å². The third-order valence-corrected chi connectivity index (χ3v) is 4.44. The Hall–Kier alpha value is -3.14. The number of carbonyl (C=O) groups is 1. The molecule has 0 aliphatic rings. The third kappa shape index (κ3) is 4.73. The van der Waals surface area contributed by atoms with Crippen LogP contribution < -0.4 is 0 Å². The highest BCUT2D eigenvalue weighted by Gasteiger charge is 2.16. The number of amides is 1. The molecule has 0 radical (unpaired) electrons. The molecule has 0 aliphatic heterocycles. The van der Waals surface area contributed by atoms with Gasteiger partial charge in [-0.15, -0.1) is 6.58 Å². The first-order valence-electron chi connectivity index (χ1n) is 8.92. The molecule has 0 atom stereocenters. The van der Waals surface area contributed by atoms with Crippen molar-refractivity contribution in [3.05, 3.63) is 108 Å². The summed E-state index contributed by atoms with van der Waals surface area (Å²) in [4.78, 5) is 14.5. The van der Waals surface area contributed by atoms with Crippen LogP contribution in [0, 0.1) is 12.7 Å². The molecule has 3 rings (SSSR count). The minimum absolute atomic E-state index is 0.141. The molecule has 0 bridgehead atoms. The van der Waals surface area contributed by atoms with Crippen molar-refractivity contribution in [1.82, 2.24) is 9.47 Å². The van der Waals surface area contributed by atoms with Crippen LogP contribution in [0.1, 0.15) is 27.2 Å². The van der Waals surface area contributed by atoms with Gasteiger partial charge < -0.3 is 9.47 Å². The monoisotopic (exact) mass is 362 g/mol. The number of halogens is 1. The maximum atomic E-state index is 13.1. The maximum absolute atomic E-state index is 13.1. The zero-order valence-electron chi connectivity index (χ0n) is 15.4. The van der Waals surface area contributed by atoms with Crippen LogP contribution in [0.25, 0.3) is 0 Å². The molecule has 0 N–H and O–H groups in total. The molecule has 0 saturated heterocycles. The Morgan fingerprint density at radius 1 is 1.15 bits per heavy atom. The Kier molecular flexibility index (Phi) is 5.87. The summed E-state index contributed by atoms with van der Waals surface area (Å²) in [6, 6.07) is 18.0. The molecule has 3 aromatic rings. The van der Waals surface area contributed by atoms with Gasteiger partial charge in [-0.3, -0.25) is 4.79 Å². The molecule has 0 aliphatic carbocycles. The van der Waals surface area contributed by atoms with Gasteiger partial charge in [0.2, 0.25) is 0 Å². The summed E-state index contributed by atoms with van der Waals surface area (Å²) in [6.07, 6.45) is 3.72. The van der Waals surface area contributed by atoms with Gasteiger partial charge in [-0.2, -0.15) is 0 Å². The Bertz CT molecular complexity index is 928. The van der Waals surface area contributed by atoms with Crippen molar-refractivity contribution < 1.29 is 9.18 Å². The van der Waals surface area contributed by atoms with Gasteiger partial charge in [0.1, 0.15) is 5.82 Å². The number of hydrogen-bond donors (Lipinski definition) is 0. The molecule has 0 unspecified atom stereocenters. The van der Waals surface area contributed by atoms with Crippen LogP contribution >= 0.6 is 0 Å². The van der Waals surface area contributed by atoms with Crippen LogP contribution in [-0.4, -0.2) is 21.9 Å². The molecule has 138 valence electrons. The second-order valence-corrected chi connectivity index (χ2v) is 6.60.